The first-order valence-corrected chi connectivity index (χ1v) is 22.4. The third-order valence-corrected chi connectivity index (χ3v) is 10.3. The number of carbonyl (C=O) groups is 2. The first-order chi connectivity index (χ1) is 25.0. The fourth-order valence-electron chi connectivity index (χ4n) is 6.89. The van der Waals surface area contributed by atoms with Crippen LogP contribution in [-0.4, -0.2) is 46.9 Å². The van der Waals surface area contributed by atoms with Gasteiger partial charge in [-0.05, 0) is 51.4 Å². The van der Waals surface area contributed by atoms with Crippen LogP contribution in [0.1, 0.15) is 239 Å². The molecule has 0 spiro atoms. The molecule has 0 bridgehead atoms. The lowest BCUT2D eigenvalue weighted by molar-refractivity contribution is -0.151. The lowest BCUT2D eigenvalue weighted by Gasteiger charge is -2.24. The highest BCUT2D eigenvalue weighted by Crippen LogP contribution is 2.17. The Morgan fingerprint density at radius 2 is 0.941 bits per heavy atom. The van der Waals surface area contributed by atoms with Gasteiger partial charge in [-0.3, -0.25) is 9.59 Å². The van der Waals surface area contributed by atoms with Crippen molar-refractivity contribution in [1.82, 2.24) is 5.32 Å². The summed E-state index contributed by atoms with van der Waals surface area (Å²) in [5.41, 5.74) is 0. The first kappa shape index (κ1) is 49.6. The monoisotopic (exact) mass is 722 g/mol. The standard InChI is InChI=1S/C45H87NO5/c1-4-7-10-13-16-19-22-23-26-29-32-35-38-45(50)51-41(36-33-30-27-24-20-17-14-11-8-5-2)39-44(49)46-42(40-47)43(48)37-34-31-28-25-21-18-15-12-9-6-3/h17,20,41-43,47-48H,4-16,18-19,21-40H2,1-3H3,(H,46,49)/b20-17-. The zero-order valence-electron chi connectivity index (χ0n) is 34.3. The van der Waals surface area contributed by atoms with Crippen LogP contribution in [0, 0.1) is 0 Å². The largest absolute Gasteiger partial charge is 0.462 e. The van der Waals surface area contributed by atoms with Crippen molar-refractivity contribution >= 4 is 11.9 Å². The van der Waals surface area contributed by atoms with Gasteiger partial charge in [0.05, 0.1) is 25.2 Å². The van der Waals surface area contributed by atoms with Gasteiger partial charge >= 0.3 is 5.97 Å². The van der Waals surface area contributed by atoms with E-state index in [9.17, 15) is 19.8 Å². The molecule has 0 radical (unpaired) electrons. The Labute approximate surface area is 317 Å². The number of aliphatic hydroxyl groups is 2. The van der Waals surface area contributed by atoms with Crippen LogP contribution in [0.5, 0.6) is 0 Å². The maximum absolute atomic E-state index is 13.1. The Hall–Kier alpha value is -1.40. The summed E-state index contributed by atoms with van der Waals surface area (Å²) in [6.07, 6.45) is 41.3. The van der Waals surface area contributed by atoms with Crippen molar-refractivity contribution in [2.45, 2.75) is 257 Å². The average Bonchev–Trinajstić information content (AvgIpc) is 3.12. The highest BCUT2D eigenvalue weighted by atomic mass is 16.5. The molecule has 302 valence electrons. The molecule has 0 fully saturated rings. The molecule has 6 nitrogen and oxygen atoms in total. The predicted octanol–water partition coefficient (Wildman–Crippen LogP) is 12.6. The average molecular weight is 722 g/mol. The van der Waals surface area contributed by atoms with Crippen molar-refractivity contribution in [3.63, 3.8) is 0 Å². The molecule has 0 aromatic rings. The van der Waals surface area contributed by atoms with E-state index in [2.05, 4.69) is 38.2 Å². The molecular weight excluding hydrogens is 634 g/mol. The van der Waals surface area contributed by atoms with E-state index < -0.39 is 18.2 Å². The molecular formula is C45H87NO5. The highest BCUT2D eigenvalue weighted by Gasteiger charge is 2.24. The van der Waals surface area contributed by atoms with Crippen LogP contribution in [0.2, 0.25) is 0 Å². The Balaban J connectivity index is 4.56. The fourth-order valence-corrected chi connectivity index (χ4v) is 6.89. The number of allylic oxidation sites excluding steroid dienone is 2. The number of hydrogen-bond acceptors (Lipinski definition) is 5. The molecule has 6 heteroatoms. The Kier molecular flexibility index (Phi) is 38.7. The molecule has 0 heterocycles. The number of nitrogens with one attached hydrogen (secondary N) is 1. The van der Waals surface area contributed by atoms with Gasteiger partial charge in [-0.2, -0.15) is 0 Å². The number of unbranched alkanes of at least 4 members (excludes halogenated alkanes) is 26. The van der Waals surface area contributed by atoms with Gasteiger partial charge in [0.15, 0.2) is 0 Å². The smallest absolute Gasteiger partial charge is 0.306 e. The number of aliphatic hydroxyl groups excluding tert-OH is 2. The molecule has 3 atom stereocenters. The summed E-state index contributed by atoms with van der Waals surface area (Å²) in [6.45, 7) is 6.43. The third-order valence-electron chi connectivity index (χ3n) is 10.3. The van der Waals surface area contributed by atoms with Crippen molar-refractivity contribution in [1.29, 1.82) is 0 Å². The van der Waals surface area contributed by atoms with Gasteiger partial charge in [-0.1, -0.05) is 187 Å². The minimum atomic E-state index is -0.783. The highest BCUT2D eigenvalue weighted by molar-refractivity contribution is 5.77. The third kappa shape index (κ3) is 35.4. The van der Waals surface area contributed by atoms with Gasteiger partial charge in [0.2, 0.25) is 5.91 Å². The van der Waals surface area contributed by atoms with E-state index in [1.54, 1.807) is 0 Å². The zero-order chi connectivity index (χ0) is 37.5. The second-order valence-electron chi connectivity index (χ2n) is 15.5. The van der Waals surface area contributed by atoms with Gasteiger partial charge in [0, 0.05) is 6.42 Å². The van der Waals surface area contributed by atoms with Crippen LogP contribution < -0.4 is 5.32 Å². The van der Waals surface area contributed by atoms with Crippen molar-refractivity contribution < 1.29 is 24.5 Å². The quantitative estimate of drug-likeness (QED) is 0.0332. The summed E-state index contributed by atoms with van der Waals surface area (Å²) in [5, 5.41) is 23.6. The van der Waals surface area contributed by atoms with Crippen LogP contribution in [0.25, 0.3) is 0 Å². The molecule has 0 aromatic carbocycles. The van der Waals surface area contributed by atoms with Gasteiger partial charge in [-0.25, -0.2) is 0 Å². The van der Waals surface area contributed by atoms with Crippen LogP contribution in [0.4, 0.5) is 0 Å². The molecule has 3 unspecified atom stereocenters. The van der Waals surface area contributed by atoms with E-state index in [0.29, 0.717) is 19.3 Å². The zero-order valence-corrected chi connectivity index (χ0v) is 34.3. The molecule has 0 aliphatic rings. The summed E-state index contributed by atoms with van der Waals surface area (Å²) < 4.78 is 5.88. The molecule has 0 aromatic heterocycles. The molecule has 0 aliphatic heterocycles. The Morgan fingerprint density at radius 3 is 1.43 bits per heavy atom. The lowest BCUT2D eigenvalue weighted by atomic mass is 10.0. The maximum Gasteiger partial charge on any atom is 0.306 e. The second-order valence-corrected chi connectivity index (χ2v) is 15.5. The van der Waals surface area contributed by atoms with Crippen molar-refractivity contribution in [2.24, 2.45) is 0 Å². The summed E-state index contributed by atoms with van der Waals surface area (Å²) >= 11 is 0. The van der Waals surface area contributed by atoms with Crippen molar-refractivity contribution in [3.05, 3.63) is 12.2 Å². The minimum Gasteiger partial charge on any atom is -0.462 e. The lowest BCUT2D eigenvalue weighted by Crippen LogP contribution is -2.46. The van der Waals surface area contributed by atoms with Crippen molar-refractivity contribution in [2.75, 3.05) is 6.61 Å². The van der Waals surface area contributed by atoms with E-state index in [4.69, 9.17) is 4.74 Å². The number of ether oxygens (including phenoxy) is 1. The number of esters is 1. The fraction of sp³-hybridized carbons (Fsp3) is 0.911. The van der Waals surface area contributed by atoms with Gasteiger partial charge in [0.25, 0.3) is 0 Å². The Morgan fingerprint density at radius 1 is 0.549 bits per heavy atom. The Bertz CT molecular complexity index is 772. The van der Waals surface area contributed by atoms with E-state index in [1.807, 2.05) is 0 Å². The molecule has 0 saturated carbocycles. The second kappa shape index (κ2) is 39.8. The normalized spacial score (nSPS) is 13.4. The molecule has 1 amide bonds. The summed E-state index contributed by atoms with van der Waals surface area (Å²) in [7, 11) is 0. The van der Waals surface area contributed by atoms with Crippen LogP contribution in [0.3, 0.4) is 0 Å². The van der Waals surface area contributed by atoms with E-state index >= 15 is 0 Å². The summed E-state index contributed by atoms with van der Waals surface area (Å²) in [5.74, 6) is -0.482. The SMILES string of the molecule is CCCCC/C=C\CCCCCC(CC(=O)NC(CO)C(O)CCCCCCCCCCCC)OC(=O)CCCCCCCCCCCCCC. The minimum absolute atomic E-state index is 0.0724. The van der Waals surface area contributed by atoms with E-state index in [1.165, 1.54) is 122 Å². The van der Waals surface area contributed by atoms with Gasteiger partial charge in [-0.15, -0.1) is 0 Å². The van der Waals surface area contributed by atoms with Gasteiger partial charge in [0.1, 0.15) is 6.10 Å². The topological polar surface area (TPSA) is 95.9 Å². The van der Waals surface area contributed by atoms with E-state index in [0.717, 1.165) is 70.6 Å². The molecule has 0 aliphatic carbocycles. The van der Waals surface area contributed by atoms with E-state index in [-0.39, 0.29) is 24.9 Å². The van der Waals surface area contributed by atoms with Crippen LogP contribution >= 0.6 is 0 Å². The van der Waals surface area contributed by atoms with Gasteiger partial charge < -0.3 is 20.3 Å². The van der Waals surface area contributed by atoms with Crippen molar-refractivity contribution in [3.8, 4) is 0 Å². The predicted molar refractivity (Wildman–Crippen MR) is 218 cm³/mol. The number of amides is 1. The summed E-state index contributed by atoms with van der Waals surface area (Å²) in [4.78, 5) is 25.9. The molecule has 0 saturated heterocycles. The summed E-state index contributed by atoms with van der Waals surface area (Å²) in [6, 6.07) is -0.697. The first-order valence-electron chi connectivity index (χ1n) is 22.4. The molecule has 51 heavy (non-hydrogen) atoms. The number of rotatable bonds is 40. The molecule has 3 N–H and O–H groups in total. The number of carbonyl (C=O) groups excluding carboxylic acids is 2. The van der Waals surface area contributed by atoms with Crippen LogP contribution in [0.15, 0.2) is 12.2 Å². The van der Waals surface area contributed by atoms with Crippen LogP contribution in [-0.2, 0) is 14.3 Å². The maximum atomic E-state index is 13.1. The molecule has 0 rings (SSSR count). The number of hydrogen-bond donors (Lipinski definition) is 3.